The number of aliphatic hydroxyl groups is 1. The normalized spacial score (nSPS) is 27.6. The molecule has 0 amide bonds. The molecule has 0 bridgehead atoms. The van der Waals surface area contributed by atoms with Crippen LogP contribution in [0.5, 0.6) is 5.75 Å². The summed E-state index contributed by atoms with van der Waals surface area (Å²) in [7, 11) is 0. The average Bonchev–Trinajstić information content (AvgIpc) is 2.62. The van der Waals surface area contributed by atoms with E-state index in [2.05, 4.69) is 0 Å². The van der Waals surface area contributed by atoms with Gasteiger partial charge in [0.1, 0.15) is 11.9 Å². The van der Waals surface area contributed by atoms with Gasteiger partial charge in [-0.1, -0.05) is 18.2 Å². The molecule has 1 aromatic carbocycles. The number of fused-ring (bicyclic) bond motifs is 2. The minimum absolute atomic E-state index is 0.0369. The van der Waals surface area contributed by atoms with E-state index in [0.717, 1.165) is 16.9 Å². The van der Waals surface area contributed by atoms with Crippen LogP contribution in [0.3, 0.4) is 0 Å². The summed E-state index contributed by atoms with van der Waals surface area (Å²) in [6.45, 7) is 0.478. The van der Waals surface area contributed by atoms with Crippen molar-refractivity contribution in [2.45, 2.75) is 12.5 Å². The van der Waals surface area contributed by atoms with Crippen molar-refractivity contribution in [1.82, 2.24) is 0 Å². The Kier molecular flexibility index (Phi) is 2.07. The number of aliphatic hydroxyl groups excluding tert-OH is 1. The van der Waals surface area contributed by atoms with Crippen LogP contribution < -0.4 is 4.74 Å². The first-order valence-electron chi connectivity index (χ1n) is 5.40. The van der Waals surface area contributed by atoms with Crippen LogP contribution in [0.15, 0.2) is 35.9 Å². The second-order valence-corrected chi connectivity index (χ2v) is 4.26. The molecule has 16 heavy (non-hydrogen) atoms. The maximum atomic E-state index is 11.3. The number of rotatable bonds is 0. The second kappa shape index (κ2) is 3.46. The Bertz CT molecular complexity index is 476. The Morgan fingerprint density at radius 2 is 2.12 bits per heavy atom. The van der Waals surface area contributed by atoms with E-state index in [1.807, 2.05) is 24.3 Å². The molecule has 1 N–H and O–H groups in total. The number of ether oxygens (including phenoxy) is 1. The van der Waals surface area contributed by atoms with Crippen LogP contribution in [0, 0.1) is 5.92 Å². The smallest absolute Gasteiger partial charge is 0.156 e. The lowest BCUT2D eigenvalue weighted by Gasteiger charge is -2.13. The monoisotopic (exact) mass is 216 g/mol. The lowest BCUT2D eigenvalue weighted by atomic mass is 9.94. The van der Waals surface area contributed by atoms with Crippen molar-refractivity contribution in [1.29, 1.82) is 0 Å². The lowest BCUT2D eigenvalue weighted by Crippen LogP contribution is -2.12. The lowest BCUT2D eigenvalue weighted by molar-refractivity contribution is -0.114. The van der Waals surface area contributed by atoms with Crippen LogP contribution in [-0.4, -0.2) is 17.5 Å². The van der Waals surface area contributed by atoms with E-state index in [1.165, 1.54) is 0 Å². The third kappa shape index (κ3) is 1.36. The molecule has 0 aromatic heterocycles. The van der Waals surface area contributed by atoms with E-state index in [-0.39, 0.29) is 11.7 Å². The predicted octanol–water partition coefficient (Wildman–Crippen LogP) is 1.63. The summed E-state index contributed by atoms with van der Waals surface area (Å²) in [6, 6.07) is 7.43. The number of benzene rings is 1. The highest BCUT2D eigenvalue weighted by molar-refractivity contribution is 5.93. The van der Waals surface area contributed by atoms with E-state index < -0.39 is 6.10 Å². The van der Waals surface area contributed by atoms with Crippen LogP contribution in [0.2, 0.25) is 0 Å². The van der Waals surface area contributed by atoms with Crippen molar-refractivity contribution in [2.75, 3.05) is 6.61 Å². The standard InChI is InChI=1S/C13H12O3/c14-9-5-8-7-16-12-4-2-1-3-10(12)13(15)11(8)6-9/h1-4,6,8,13,15H,5,7H2/t8-,13-/m1/s1. The molecule has 0 saturated carbocycles. The molecular weight excluding hydrogens is 204 g/mol. The fourth-order valence-corrected chi connectivity index (χ4v) is 2.39. The third-order valence-electron chi connectivity index (χ3n) is 3.22. The topological polar surface area (TPSA) is 46.5 Å². The van der Waals surface area contributed by atoms with E-state index >= 15 is 0 Å². The van der Waals surface area contributed by atoms with Gasteiger partial charge in [0.15, 0.2) is 5.78 Å². The molecular formula is C13H12O3. The Balaban J connectivity index is 2.09. The number of hydrogen-bond donors (Lipinski definition) is 1. The summed E-state index contributed by atoms with van der Waals surface area (Å²) in [6.07, 6.45) is 1.33. The number of carbonyl (C=O) groups is 1. The van der Waals surface area contributed by atoms with Gasteiger partial charge in [0.2, 0.25) is 0 Å². The van der Waals surface area contributed by atoms with Gasteiger partial charge in [-0.15, -0.1) is 0 Å². The number of carbonyl (C=O) groups excluding carboxylic acids is 1. The van der Waals surface area contributed by atoms with E-state index in [9.17, 15) is 9.90 Å². The average molecular weight is 216 g/mol. The van der Waals surface area contributed by atoms with Crippen LogP contribution >= 0.6 is 0 Å². The van der Waals surface area contributed by atoms with Crippen molar-refractivity contribution in [3.8, 4) is 5.75 Å². The Morgan fingerprint density at radius 3 is 3.00 bits per heavy atom. The molecule has 3 nitrogen and oxygen atoms in total. The zero-order chi connectivity index (χ0) is 11.1. The molecule has 2 aliphatic rings. The molecule has 1 aliphatic carbocycles. The molecule has 1 heterocycles. The number of ketones is 1. The maximum Gasteiger partial charge on any atom is 0.156 e. The molecule has 1 aromatic rings. The summed E-state index contributed by atoms with van der Waals surface area (Å²) >= 11 is 0. The molecule has 0 radical (unpaired) electrons. The highest BCUT2D eigenvalue weighted by Gasteiger charge is 2.34. The zero-order valence-corrected chi connectivity index (χ0v) is 8.72. The van der Waals surface area contributed by atoms with Gasteiger partial charge in [0.05, 0.1) is 6.61 Å². The van der Waals surface area contributed by atoms with Crippen LogP contribution in [-0.2, 0) is 4.79 Å². The molecule has 3 heteroatoms. The summed E-state index contributed by atoms with van der Waals surface area (Å²) < 4.78 is 5.63. The SMILES string of the molecule is O=C1C=C2[C@@H](COc3ccccc3[C@H]2O)C1. The summed E-state index contributed by atoms with van der Waals surface area (Å²) in [5.74, 6) is 0.842. The minimum Gasteiger partial charge on any atom is -0.493 e. The highest BCUT2D eigenvalue weighted by atomic mass is 16.5. The quantitative estimate of drug-likeness (QED) is 0.717. The van der Waals surface area contributed by atoms with Gasteiger partial charge in [-0.25, -0.2) is 0 Å². The van der Waals surface area contributed by atoms with E-state index in [1.54, 1.807) is 6.08 Å². The number of para-hydroxylation sites is 1. The highest BCUT2D eigenvalue weighted by Crippen LogP contribution is 2.40. The van der Waals surface area contributed by atoms with Gasteiger partial charge in [-0.3, -0.25) is 4.79 Å². The molecule has 0 fully saturated rings. The van der Waals surface area contributed by atoms with Gasteiger partial charge >= 0.3 is 0 Å². The van der Waals surface area contributed by atoms with Gasteiger partial charge in [0, 0.05) is 17.9 Å². The van der Waals surface area contributed by atoms with Crippen LogP contribution in [0.4, 0.5) is 0 Å². The summed E-state index contributed by atoms with van der Waals surface area (Å²) in [5, 5.41) is 10.2. The van der Waals surface area contributed by atoms with Gasteiger partial charge < -0.3 is 9.84 Å². The molecule has 0 unspecified atom stereocenters. The number of hydrogen-bond acceptors (Lipinski definition) is 3. The molecule has 0 saturated heterocycles. The van der Waals surface area contributed by atoms with E-state index in [4.69, 9.17) is 4.74 Å². The third-order valence-corrected chi connectivity index (χ3v) is 3.22. The van der Waals surface area contributed by atoms with Gasteiger partial charge in [-0.05, 0) is 17.7 Å². The van der Waals surface area contributed by atoms with Crippen molar-refractivity contribution in [3.05, 3.63) is 41.5 Å². The molecule has 2 atom stereocenters. The van der Waals surface area contributed by atoms with Gasteiger partial charge in [-0.2, -0.15) is 0 Å². The maximum absolute atomic E-state index is 11.3. The van der Waals surface area contributed by atoms with Crippen molar-refractivity contribution < 1.29 is 14.6 Å². The molecule has 3 rings (SSSR count). The van der Waals surface area contributed by atoms with Crippen molar-refractivity contribution >= 4 is 5.78 Å². The molecule has 0 spiro atoms. The number of allylic oxidation sites excluding steroid dienone is 1. The Morgan fingerprint density at radius 1 is 1.31 bits per heavy atom. The first kappa shape index (κ1) is 9.60. The van der Waals surface area contributed by atoms with Crippen LogP contribution in [0.1, 0.15) is 18.1 Å². The molecule has 82 valence electrons. The second-order valence-electron chi connectivity index (χ2n) is 4.26. The largest absolute Gasteiger partial charge is 0.493 e. The van der Waals surface area contributed by atoms with E-state index in [0.29, 0.717) is 13.0 Å². The van der Waals surface area contributed by atoms with Gasteiger partial charge in [0.25, 0.3) is 0 Å². The zero-order valence-electron chi connectivity index (χ0n) is 8.72. The van der Waals surface area contributed by atoms with Crippen molar-refractivity contribution in [2.24, 2.45) is 5.92 Å². The fourth-order valence-electron chi connectivity index (χ4n) is 2.39. The predicted molar refractivity (Wildman–Crippen MR) is 58.1 cm³/mol. The van der Waals surface area contributed by atoms with Crippen LogP contribution in [0.25, 0.3) is 0 Å². The molecule has 1 aliphatic heterocycles. The summed E-state index contributed by atoms with van der Waals surface area (Å²) in [4.78, 5) is 11.3. The first-order valence-corrected chi connectivity index (χ1v) is 5.40. The Hall–Kier alpha value is -1.61. The Labute approximate surface area is 93.4 Å². The first-order chi connectivity index (χ1) is 7.75. The summed E-state index contributed by atoms with van der Waals surface area (Å²) in [5.41, 5.74) is 1.56. The van der Waals surface area contributed by atoms with Crippen molar-refractivity contribution in [3.63, 3.8) is 0 Å². The minimum atomic E-state index is -0.699. The fraction of sp³-hybridized carbons (Fsp3) is 0.308.